The number of piperazine rings is 1. The van der Waals surface area contributed by atoms with Crippen molar-refractivity contribution in [1.29, 1.82) is 0 Å². The first-order chi connectivity index (χ1) is 12.7. The van der Waals surface area contributed by atoms with Crippen molar-refractivity contribution in [3.63, 3.8) is 0 Å². The average molecular weight is 394 g/mol. The van der Waals surface area contributed by atoms with Crippen molar-refractivity contribution < 1.29 is 18.0 Å². The number of hydrogen-bond donors (Lipinski definition) is 0. The molecule has 3 amide bonds. The number of sulfone groups is 1. The van der Waals surface area contributed by atoms with Crippen molar-refractivity contribution in [1.82, 2.24) is 14.7 Å². The second kappa shape index (κ2) is 7.50. The van der Waals surface area contributed by atoms with Crippen LogP contribution in [0.5, 0.6) is 0 Å². The van der Waals surface area contributed by atoms with Gasteiger partial charge in [0.2, 0.25) is 5.91 Å². The molecule has 8 heteroatoms. The molecule has 2 fully saturated rings. The Bertz CT molecular complexity index is 837. The van der Waals surface area contributed by atoms with Gasteiger partial charge in [0.05, 0.1) is 23.6 Å². The monoisotopic (exact) mass is 393 g/mol. The molecule has 148 valence electrons. The summed E-state index contributed by atoms with van der Waals surface area (Å²) in [4.78, 5) is 30.0. The first-order valence-electron chi connectivity index (χ1n) is 9.22. The van der Waals surface area contributed by atoms with Crippen LogP contribution in [-0.4, -0.2) is 85.8 Å². The van der Waals surface area contributed by atoms with E-state index in [1.54, 1.807) is 23.9 Å². The molecule has 3 rings (SSSR count). The highest BCUT2D eigenvalue weighted by Crippen LogP contribution is 2.28. The molecular formula is C19H27N3O4S. The third-order valence-electron chi connectivity index (χ3n) is 5.49. The molecule has 0 radical (unpaired) electrons. The van der Waals surface area contributed by atoms with Crippen molar-refractivity contribution in [3.8, 4) is 0 Å². The van der Waals surface area contributed by atoms with Gasteiger partial charge in [-0.2, -0.15) is 0 Å². The maximum atomic E-state index is 12.9. The zero-order valence-corrected chi connectivity index (χ0v) is 16.9. The molecular weight excluding hydrogens is 366 g/mol. The lowest BCUT2D eigenvalue weighted by atomic mass is 10.0. The van der Waals surface area contributed by atoms with Crippen LogP contribution >= 0.6 is 0 Å². The Kier molecular flexibility index (Phi) is 5.46. The van der Waals surface area contributed by atoms with Crippen LogP contribution in [0.15, 0.2) is 24.3 Å². The summed E-state index contributed by atoms with van der Waals surface area (Å²) < 4.78 is 24.5. The van der Waals surface area contributed by atoms with Gasteiger partial charge in [0, 0.05) is 33.6 Å². The van der Waals surface area contributed by atoms with Crippen LogP contribution < -0.4 is 0 Å². The lowest BCUT2D eigenvalue weighted by Gasteiger charge is -2.44. The number of carbonyl (C=O) groups excluding carboxylic acids is 2. The summed E-state index contributed by atoms with van der Waals surface area (Å²) in [5, 5.41) is 0. The fourth-order valence-corrected chi connectivity index (χ4v) is 6.01. The standard InChI is InChI=1S/C19H27N3O4S/c1-14-6-4-5-7-15(14)8-9-18(23)21-10-11-22(19(24)20(2)3)17-13-27(25,26)12-16(17)21/h4-7,16-17H,8-13H2,1-3H3/t16-,17+/m0/s1. The van der Waals surface area contributed by atoms with Crippen LogP contribution in [-0.2, 0) is 21.1 Å². The Labute approximate surface area is 160 Å². The Balaban J connectivity index is 1.74. The smallest absolute Gasteiger partial charge is 0.319 e. The van der Waals surface area contributed by atoms with E-state index in [0.29, 0.717) is 25.9 Å². The van der Waals surface area contributed by atoms with Gasteiger partial charge in [0.15, 0.2) is 9.84 Å². The predicted octanol–water partition coefficient (Wildman–Crippen LogP) is 0.919. The molecule has 2 aliphatic rings. The molecule has 0 saturated carbocycles. The van der Waals surface area contributed by atoms with Crippen molar-refractivity contribution in [2.75, 3.05) is 38.7 Å². The van der Waals surface area contributed by atoms with E-state index in [2.05, 4.69) is 0 Å². The summed E-state index contributed by atoms with van der Waals surface area (Å²) in [6.07, 6.45) is 0.974. The second-order valence-electron chi connectivity index (χ2n) is 7.60. The summed E-state index contributed by atoms with van der Waals surface area (Å²) in [6.45, 7) is 2.76. The minimum atomic E-state index is -3.27. The minimum absolute atomic E-state index is 0.0395. The quantitative estimate of drug-likeness (QED) is 0.765. The van der Waals surface area contributed by atoms with Crippen molar-refractivity contribution in [3.05, 3.63) is 35.4 Å². The molecule has 2 aliphatic heterocycles. The number of carbonyl (C=O) groups is 2. The number of fused-ring (bicyclic) bond motifs is 1. The number of amides is 3. The van der Waals surface area contributed by atoms with Gasteiger partial charge in [-0.25, -0.2) is 13.2 Å². The summed E-state index contributed by atoms with van der Waals surface area (Å²) in [7, 11) is 0.0390. The lowest BCUT2D eigenvalue weighted by Crippen LogP contribution is -2.63. The van der Waals surface area contributed by atoms with Crippen LogP contribution in [0.1, 0.15) is 17.5 Å². The molecule has 0 unspecified atom stereocenters. The zero-order chi connectivity index (χ0) is 19.8. The normalized spacial score (nSPS) is 23.8. The summed E-state index contributed by atoms with van der Waals surface area (Å²) in [5.41, 5.74) is 2.27. The van der Waals surface area contributed by atoms with E-state index < -0.39 is 21.9 Å². The number of nitrogens with zero attached hydrogens (tertiary/aromatic N) is 3. The van der Waals surface area contributed by atoms with E-state index in [-0.39, 0.29) is 23.4 Å². The molecule has 0 N–H and O–H groups in total. The molecule has 1 aromatic rings. The molecule has 0 bridgehead atoms. The summed E-state index contributed by atoms with van der Waals surface area (Å²) in [6, 6.07) is 6.85. The minimum Gasteiger partial charge on any atom is -0.335 e. The molecule has 2 heterocycles. The molecule has 2 saturated heterocycles. The maximum Gasteiger partial charge on any atom is 0.319 e. The summed E-state index contributed by atoms with van der Waals surface area (Å²) >= 11 is 0. The number of benzene rings is 1. The number of hydrogen-bond acceptors (Lipinski definition) is 4. The first kappa shape index (κ1) is 19.7. The van der Waals surface area contributed by atoms with Crippen LogP contribution in [0.2, 0.25) is 0 Å². The average Bonchev–Trinajstić information content (AvgIpc) is 2.94. The van der Waals surface area contributed by atoms with Crippen molar-refractivity contribution in [2.24, 2.45) is 0 Å². The van der Waals surface area contributed by atoms with E-state index in [4.69, 9.17) is 0 Å². The van der Waals surface area contributed by atoms with Crippen LogP contribution in [0.4, 0.5) is 4.79 Å². The largest absolute Gasteiger partial charge is 0.335 e. The van der Waals surface area contributed by atoms with Crippen LogP contribution in [0, 0.1) is 6.92 Å². The van der Waals surface area contributed by atoms with Crippen LogP contribution in [0.25, 0.3) is 0 Å². The number of urea groups is 1. The second-order valence-corrected chi connectivity index (χ2v) is 9.75. The van der Waals surface area contributed by atoms with Gasteiger partial charge < -0.3 is 14.7 Å². The molecule has 2 atom stereocenters. The van der Waals surface area contributed by atoms with Gasteiger partial charge in [-0.3, -0.25) is 4.79 Å². The van der Waals surface area contributed by atoms with Crippen molar-refractivity contribution in [2.45, 2.75) is 31.8 Å². The fourth-order valence-electron chi connectivity index (χ4n) is 4.03. The topological polar surface area (TPSA) is 78.0 Å². The van der Waals surface area contributed by atoms with E-state index in [9.17, 15) is 18.0 Å². The third-order valence-corrected chi connectivity index (χ3v) is 7.19. The van der Waals surface area contributed by atoms with Gasteiger partial charge in [-0.1, -0.05) is 24.3 Å². The highest BCUT2D eigenvalue weighted by molar-refractivity contribution is 7.91. The van der Waals surface area contributed by atoms with E-state index in [1.807, 2.05) is 31.2 Å². The Morgan fingerprint density at radius 3 is 2.30 bits per heavy atom. The number of aryl methyl sites for hydroxylation is 2. The van der Waals surface area contributed by atoms with Crippen molar-refractivity contribution >= 4 is 21.8 Å². The maximum absolute atomic E-state index is 12.9. The van der Waals surface area contributed by atoms with Gasteiger partial charge in [-0.15, -0.1) is 0 Å². The van der Waals surface area contributed by atoms with E-state index in [1.165, 1.54) is 4.90 Å². The lowest BCUT2D eigenvalue weighted by molar-refractivity contribution is -0.136. The zero-order valence-electron chi connectivity index (χ0n) is 16.1. The predicted molar refractivity (Wildman–Crippen MR) is 103 cm³/mol. The molecule has 0 spiro atoms. The Morgan fingerprint density at radius 2 is 1.67 bits per heavy atom. The highest BCUT2D eigenvalue weighted by atomic mass is 32.2. The van der Waals surface area contributed by atoms with E-state index >= 15 is 0 Å². The van der Waals surface area contributed by atoms with Gasteiger partial charge in [0.1, 0.15) is 0 Å². The van der Waals surface area contributed by atoms with Gasteiger partial charge in [0.25, 0.3) is 0 Å². The molecule has 7 nitrogen and oxygen atoms in total. The Hall–Kier alpha value is -2.09. The molecule has 1 aromatic carbocycles. The van der Waals surface area contributed by atoms with E-state index in [0.717, 1.165) is 11.1 Å². The van der Waals surface area contributed by atoms with Gasteiger partial charge >= 0.3 is 6.03 Å². The SMILES string of the molecule is Cc1ccccc1CCC(=O)N1CCN(C(=O)N(C)C)[C@@H]2CS(=O)(=O)C[C@@H]21. The summed E-state index contributed by atoms with van der Waals surface area (Å²) in [5.74, 6) is -0.175. The fraction of sp³-hybridized carbons (Fsp3) is 0.579. The Morgan fingerprint density at radius 1 is 1.07 bits per heavy atom. The number of rotatable bonds is 3. The third kappa shape index (κ3) is 4.10. The molecule has 0 aliphatic carbocycles. The molecule has 0 aromatic heterocycles. The first-order valence-corrected chi connectivity index (χ1v) is 11.0. The van der Waals surface area contributed by atoms with Crippen LogP contribution in [0.3, 0.4) is 0 Å². The highest BCUT2D eigenvalue weighted by Gasteiger charge is 2.49. The molecule has 27 heavy (non-hydrogen) atoms. The van der Waals surface area contributed by atoms with Gasteiger partial charge in [-0.05, 0) is 24.5 Å².